The molecule has 1 unspecified atom stereocenters. The molecule has 1 aliphatic heterocycles. The second-order valence-corrected chi connectivity index (χ2v) is 2.39. The predicted octanol–water partition coefficient (Wildman–Crippen LogP) is -1.69. The van der Waals surface area contributed by atoms with Crippen LogP contribution >= 0.6 is 0 Å². The molecule has 1 heterocycles. The molecule has 0 aromatic heterocycles. The van der Waals surface area contributed by atoms with Crippen molar-refractivity contribution >= 4 is 12.1 Å². The van der Waals surface area contributed by atoms with Crippen molar-refractivity contribution in [3.63, 3.8) is 0 Å². The first-order valence-electron chi connectivity index (χ1n) is 3.57. The van der Waals surface area contributed by atoms with Crippen molar-refractivity contribution in [2.24, 2.45) is 10.2 Å². The summed E-state index contributed by atoms with van der Waals surface area (Å²) in [6.07, 6.45) is 1.72. The van der Waals surface area contributed by atoms with E-state index in [1.54, 1.807) is 0 Å². The largest absolute Gasteiger partial charge is 0.276 e. The zero-order chi connectivity index (χ0) is 10.6. The summed E-state index contributed by atoms with van der Waals surface area (Å²) in [6.45, 7) is 0. The van der Waals surface area contributed by atoms with Crippen LogP contribution in [0.5, 0.6) is 0 Å². The van der Waals surface area contributed by atoms with E-state index in [4.69, 9.17) is 20.8 Å². The van der Waals surface area contributed by atoms with Crippen LogP contribution in [0, 0.1) is 0 Å². The molecule has 0 radical (unpaired) electrons. The Labute approximate surface area is 78.1 Å². The summed E-state index contributed by atoms with van der Waals surface area (Å²) >= 11 is 0. The van der Waals surface area contributed by atoms with Crippen molar-refractivity contribution in [1.29, 1.82) is 0 Å². The lowest BCUT2D eigenvalue weighted by molar-refractivity contribution is -0.346. The van der Waals surface area contributed by atoms with Crippen LogP contribution in [0.2, 0.25) is 0 Å². The number of amidine groups is 1. The van der Waals surface area contributed by atoms with E-state index in [9.17, 15) is 0 Å². The van der Waals surface area contributed by atoms with Gasteiger partial charge in [0.05, 0.1) is 6.04 Å². The number of hydrogen-bond donors (Lipinski definition) is 6. The van der Waals surface area contributed by atoms with Crippen molar-refractivity contribution in [3.8, 4) is 0 Å². The molecule has 0 bridgehead atoms. The molecule has 0 aliphatic carbocycles. The van der Waals surface area contributed by atoms with Crippen molar-refractivity contribution in [1.82, 2.24) is 21.5 Å². The molecule has 0 saturated heterocycles. The van der Waals surface area contributed by atoms with Crippen LogP contribution in [0.1, 0.15) is 6.42 Å². The minimum absolute atomic E-state index is 0.0191. The topological polar surface area (TPSA) is 136 Å². The van der Waals surface area contributed by atoms with Gasteiger partial charge in [-0.05, 0) is 0 Å². The maximum absolute atomic E-state index is 8.47. The first-order valence-corrected chi connectivity index (χ1v) is 3.57. The Morgan fingerprint density at radius 2 is 2.00 bits per heavy atom. The highest BCUT2D eigenvalue weighted by Gasteiger charge is 2.20. The van der Waals surface area contributed by atoms with Gasteiger partial charge in [0, 0.05) is 23.3 Å². The fraction of sp³-hybridized carbons (Fsp3) is 0.500. The average Bonchev–Trinajstić information content (AvgIpc) is 2.06. The SMILES string of the molecule is ON(O)NC1=NN=CCC1NN(O)O. The van der Waals surface area contributed by atoms with Crippen molar-refractivity contribution in [2.45, 2.75) is 12.5 Å². The lowest BCUT2D eigenvalue weighted by atomic mass is 10.2. The van der Waals surface area contributed by atoms with E-state index in [1.165, 1.54) is 6.21 Å². The molecule has 10 heteroatoms. The van der Waals surface area contributed by atoms with Gasteiger partial charge in [-0.2, -0.15) is 10.5 Å². The van der Waals surface area contributed by atoms with E-state index < -0.39 is 6.04 Å². The molecule has 1 atom stereocenters. The summed E-state index contributed by atoms with van der Waals surface area (Å²) in [5.41, 5.74) is 4.15. The van der Waals surface area contributed by atoms with Crippen molar-refractivity contribution in [2.75, 3.05) is 0 Å². The third-order valence-corrected chi connectivity index (χ3v) is 1.40. The van der Waals surface area contributed by atoms with Gasteiger partial charge in [0.1, 0.15) is 0 Å². The zero-order valence-electron chi connectivity index (χ0n) is 6.94. The maximum atomic E-state index is 8.47. The van der Waals surface area contributed by atoms with Crippen molar-refractivity contribution in [3.05, 3.63) is 0 Å². The van der Waals surface area contributed by atoms with E-state index in [1.807, 2.05) is 5.43 Å². The Balaban J connectivity index is 2.57. The monoisotopic (exact) mass is 206 g/mol. The smallest absolute Gasteiger partial charge is 0.162 e. The molecule has 0 aromatic carbocycles. The summed E-state index contributed by atoms with van der Waals surface area (Å²) in [4.78, 5) is 0. The highest BCUT2D eigenvalue weighted by Crippen LogP contribution is 1.99. The summed E-state index contributed by atoms with van der Waals surface area (Å²) in [5, 5.41) is 40.3. The molecule has 0 aromatic rings. The Hall–Kier alpha value is -1.14. The highest BCUT2D eigenvalue weighted by atomic mass is 16.8. The molecule has 80 valence electrons. The third kappa shape index (κ3) is 3.31. The van der Waals surface area contributed by atoms with Crippen LogP contribution in [-0.4, -0.2) is 49.6 Å². The highest BCUT2D eigenvalue weighted by molar-refractivity contribution is 5.90. The molecular weight excluding hydrogens is 196 g/mol. The van der Waals surface area contributed by atoms with Gasteiger partial charge in [-0.3, -0.25) is 26.3 Å². The van der Waals surface area contributed by atoms with Gasteiger partial charge in [-0.25, -0.2) is 0 Å². The average molecular weight is 206 g/mol. The van der Waals surface area contributed by atoms with E-state index >= 15 is 0 Å². The molecular formula is C4H10N6O4. The van der Waals surface area contributed by atoms with Gasteiger partial charge in [-0.15, -0.1) is 5.10 Å². The molecule has 0 saturated carbocycles. The first-order chi connectivity index (χ1) is 6.59. The summed E-state index contributed by atoms with van der Waals surface area (Å²) < 4.78 is 0. The molecule has 0 fully saturated rings. The Morgan fingerprint density at radius 3 is 2.57 bits per heavy atom. The molecule has 0 amide bonds. The number of nitrogens with one attached hydrogen (secondary N) is 2. The third-order valence-electron chi connectivity index (χ3n) is 1.40. The van der Waals surface area contributed by atoms with Gasteiger partial charge >= 0.3 is 0 Å². The molecule has 10 nitrogen and oxygen atoms in total. The summed E-state index contributed by atoms with van der Waals surface area (Å²) in [7, 11) is 0. The van der Waals surface area contributed by atoms with E-state index in [2.05, 4.69) is 15.6 Å². The molecule has 1 rings (SSSR count). The standard InChI is InChI=1S/C4H10N6O4/c11-9(12)7-3-1-2-5-6-4(3)8-10(13)14/h2-3,7,11-14H,1H2,(H,6,8). The van der Waals surface area contributed by atoms with Gasteiger partial charge in [0.2, 0.25) is 0 Å². The molecule has 14 heavy (non-hydrogen) atoms. The number of rotatable bonds is 3. The number of nitrogens with zero attached hydrogens (tertiary/aromatic N) is 4. The second-order valence-electron chi connectivity index (χ2n) is 2.39. The minimum Gasteiger partial charge on any atom is -0.276 e. The van der Waals surface area contributed by atoms with Crippen LogP contribution < -0.4 is 10.9 Å². The fourth-order valence-corrected chi connectivity index (χ4v) is 0.893. The zero-order valence-corrected chi connectivity index (χ0v) is 6.94. The van der Waals surface area contributed by atoms with Crippen LogP contribution in [0.15, 0.2) is 10.2 Å². The van der Waals surface area contributed by atoms with Gasteiger partial charge < -0.3 is 0 Å². The lowest BCUT2D eigenvalue weighted by Gasteiger charge is -2.23. The van der Waals surface area contributed by atoms with Crippen LogP contribution in [0.25, 0.3) is 0 Å². The van der Waals surface area contributed by atoms with E-state index in [0.717, 1.165) is 0 Å². The fourth-order valence-electron chi connectivity index (χ4n) is 0.893. The first kappa shape index (κ1) is 10.9. The minimum atomic E-state index is -0.649. The quantitative estimate of drug-likeness (QED) is 0.301. The summed E-state index contributed by atoms with van der Waals surface area (Å²) in [6, 6.07) is -0.649. The lowest BCUT2D eigenvalue weighted by Crippen LogP contribution is -2.53. The molecule has 0 spiro atoms. The number of hydrazine groups is 2. The molecule has 1 aliphatic rings. The normalized spacial score (nSPS) is 21.6. The second kappa shape index (κ2) is 4.92. The van der Waals surface area contributed by atoms with Crippen LogP contribution in [0.3, 0.4) is 0 Å². The Bertz CT molecular complexity index is 240. The van der Waals surface area contributed by atoms with Gasteiger partial charge in [0.15, 0.2) is 5.84 Å². The number of hydrogen-bond acceptors (Lipinski definition) is 10. The Kier molecular flexibility index (Phi) is 3.84. The summed E-state index contributed by atoms with van der Waals surface area (Å²) in [5.74, 6) is 0.0191. The van der Waals surface area contributed by atoms with E-state index in [0.29, 0.717) is 6.42 Å². The van der Waals surface area contributed by atoms with Crippen molar-refractivity contribution < 1.29 is 20.8 Å². The maximum Gasteiger partial charge on any atom is 0.162 e. The van der Waals surface area contributed by atoms with Gasteiger partial charge in [0.25, 0.3) is 0 Å². The van der Waals surface area contributed by atoms with E-state index in [-0.39, 0.29) is 16.5 Å². The predicted molar refractivity (Wildman–Crippen MR) is 41.4 cm³/mol. The van der Waals surface area contributed by atoms with Crippen LogP contribution in [0.4, 0.5) is 0 Å². The molecule has 6 N–H and O–H groups in total. The van der Waals surface area contributed by atoms with Crippen LogP contribution in [-0.2, 0) is 0 Å². The Morgan fingerprint density at radius 1 is 1.29 bits per heavy atom. The van der Waals surface area contributed by atoms with Gasteiger partial charge in [-0.1, -0.05) is 0 Å².